The standard InChI is InChI=1S/C10H7ClO3/c11-10-6(4-12)5-14-9-2-1-7(13)3-8(9)10/h1-4,13H,5H2. The maximum Gasteiger partial charge on any atom is 0.150 e. The van der Waals surface area contributed by atoms with Crippen molar-refractivity contribution in [1.29, 1.82) is 0 Å². The molecule has 1 aromatic carbocycles. The van der Waals surface area contributed by atoms with Crippen molar-refractivity contribution in [3.05, 3.63) is 29.3 Å². The van der Waals surface area contributed by atoms with Crippen LogP contribution in [-0.4, -0.2) is 18.0 Å². The number of carbonyl (C=O) groups excluding carboxylic acids is 1. The van der Waals surface area contributed by atoms with Crippen molar-refractivity contribution in [2.45, 2.75) is 0 Å². The molecule has 0 saturated heterocycles. The zero-order valence-electron chi connectivity index (χ0n) is 7.16. The van der Waals surface area contributed by atoms with E-state index >= 15 is 0 Å². The summed E-state index contributed by atoms with van der Waals surface area (Å²) in [4.78, 5) is 10.6. The summed E-state index contributed by atoms with van der Waals surface area (Å²) in [5.41, 5.74) is 0.949. The quantitative estimate of drug-likeness (QED) is 0.721. The van der Waals surface area contributed by atoms with Crippen molar-refractivity contribution in [2.24, 2.45) is 0 Å². The van der Waals surface area contributed by atoms with Crippen LogP contribution in [0.1, 0.15) is 5.56 Å². The highest BCUT2D eigenvalue weighted by Crippen LogP contribution is 2.36. The van der Waals surface area contributed by atoms with Gasteiger partial charge in [0.05, 0.1) is 5.03 Å². The van der Waals surface area contributed by atoms with Crippen molar-refractivity contribution in [3.63, 3.8) is 0 Å². The van der Waals surface area contributed by atoms with Gasteiger partial charge in [0.2, 0.25) is 0 Å². The third-order valence-electron chi connectivity index (χ3n) is 2.01. The molecule has 4 heteroatoms. The minimum absolute atomic E-state index is 0.0950. The molecule has 0 bridgehead atoms. The zero-order chi connectivity index (χ0) is 10.1. The Balaban J connectivity index is 2.60. The molecule has 1 aliphatic rings. The number of ether oxygens (including phenoxy) is 1. The minimum Gasteiger partial charge on any atom is -0.508 e. The van der Waals surface area contributed by atoms with Gasteiger partial charge in [0.1, 0.15) is 18.1 Å². The zero-order valence-corrected chi connectivity index (χ0v) is 7.91. The molecule has 0 aromatic heterocycles. The average Bonchev–Trinajstić information content (AvgIpc) is 2.20. The van der Waals surface area contributed by atoms with Crippen LogP contribution < -0.4 is 4.74 Å². The number of aldehydes is 1. The molecule has 1 N–H and O–H groups in total. The number of hydrogen-bond acceptors (Lipinski definition) is 3. The molecule has 0 aliphatic carbocycles. The highest BCUT2D eigenvalue weighted by atomic mass is 35.5. The molecule has 72 valence electrons. The van der Waals surface area contributed by atoms with Crippen LogP contribution in [0.25, 0.3) is 5.03 Å². The first-order valence-electron chi connectivity index (χ1n) is 4.02. The maximum atomic E-state index is 10.6. The molecule has 1 aromatic rings. The van der Waals surface area contributed by atoms with E-state index in [0.29, 0.717) is 28.2 Å². The number of hydrogen-bond donors (Lipinski definition) is 1. The maximum absolute atomic E-state index is 10.6. The molecule has 2 rings (SSSR count). The van der Waals surface area contributed by atoms with Crippen LogP contribution in [-0.2, 0) is 4.79 Å². The van der Waals surface area contributed by atoms with E-state index in [2.05, 4.69) is 0 Å². The summed E-state index contributed by atoms with van der Waals surface area (Å²) >= 11 is 5.94. The number of carbonyl (C=O) groups is 1. The van der Waals surface area contributed by atoms with Crippen LogP contribution in [0.3, 0.4) is 0 Å². The first kappa shape index (κ1) is 9.09. The Morgan fingerprint density at radius 1 is 1.50 bits per heavy atom. The summed E-state index contributed by atoms with van der Waals surface area (Å²) in [6.45, 7) is 0.181. The van der Waals surface area contributed by atoms with E-state index in [-0.39, 0.29) is 12.4 Å². The Morgan fingerprint density at radius 3 is 3.00 bits per heavy atom. The van der Waals surface area contributed by atoms with Gasteiger partial charge in [-0.15, -0.1) is 0 Å². The van der Waals surface area contributed by atoms with E-state index < -0.39 is 0 Å². The third kappa shape index (κ3) is 1.36. The Hall–Kier alpha value is -1.48. The molecule has 0 radical (unpaired) electrons. The van der Waals surface area contributed by atoms with Crippen molar-refractivity contribution >= 4 is 22.9 Å². The van der Waals surface area contributed by atoms with Crippen molar-refractivity contribution in [1.82, 2.24) is 0 Å². The van der Waals surface area contributed by atoms with Gasteiger partial charge in [-0.3, -0.25) is 4.79 Å². The van der Waals surface area contributed by atoms with Gasteiger partial charge in [-0.1, -0.05) is 11.6 Å². The van der Waals surface area contributed by atoms with E-state index in [1.54, 1.807) is 6.07 Å². The molecule has 3 nitrogen and oxygen atoms in total. The van der Waals surface area contributed by atoms with Gasteiger partial charge in [-0.25, -0.2) is 0 Å². The van der Waals surface area contributed by atoms with Crippen LogP contribution in [0.15, 0.2) is 23.8 Å². The lowest BCUT2D eigenvalue weighted by atomic mass is 10.1. The number of halogens is 1. The van der Waals surface area contributed by atoms with Crippen LogP contribution in [0.5, 0.6) is 11.5 Å². The molecule has 1 aliphatic heterocycles. The molecule has 0 atom stereocenters. The smallest absolute Gasteiger partial charge is 0.150 e. The molecule has 14 heavy (non-hydrogen) atoms. The first-order valence-corrected chi connectivity index (χ1v) is 4.40. The lowest BCUT2D eigenvalue weighted by Crippen LogP contribution is -2.10. The molecule has 0 saturated carbocycles. The number of phenolic OH excluding ortho intramolecular Hbond substituents is 1. The summed E-state index contributed by atoms with van der Waals surface area (Å²) < 4.78 is 5.27. The topological polar surface area (TPSA) is 46.5 Å². The first-order chi connectivity index (χ1) is 6.72. The van der Waals surface area contributed by atoms with E-state index in [9.17, 15) is 9.90 Å². The van der Waals surface area contributed by atoms with Gasteiger partial charge in [0.15, 0.2) is 6.29 Å². The molecule has 1 heterocycles. The summed E-state index contributed by atoms with van der Waals surface area (Å²) in [6.07, 6.45) is 0.662. The van der Waals surface area contributed by atoms with Crippen LogP contribution in [0.2, 0.25) is 0 Å². The summed E-state index contributed by atoms with van der Waals surface area (Å²) in [7, 11) is 0. The van der Waals surface area contributed by atoms with Gasteiger partial charge in [0, 0.05) is 11.1 Å². The lowest BCUT2D eigenvalue weighted by molar-refractivity contribution is -0.105. The number of rotatable bonds is 1. The van der Waals surface area contributed by atoms with Crippen molar-refractivity contribution in [3.8, 4) is 11.5 Å². The molecular formula is C10H7ClO3. The second kappa shape index (κ2) is 3.35. The molecule has 0 spiro atoms. The number of aromatic hydroxyl groups is 1. The van der Waals surface area contributed by atoms with Gasteiger partial charge >= 0.3 is 0 Å². The molecular weight excluding hydrogens is 204 g/mol. The van der Waals surface area contributed by atoms with Gasteiger partial charge in [0.25, 0.3) is 0 Å². The predicted molar refractivity (Wildman–Crippen MR) is 52.4 cm³/mol. The third-order valence-corrected chi connectivity index (χ3v) is 2.45. The van der Waals surface area contributed by atoms with Crippen LogP contribution in [0, 0.1) is 0 Å². The molecule has 0 amide bonds. The van der Waals surface area contributed by atoms with E-state index in [1.165, 1.54) is 12.1 Å². The Kier molecular flexibility index (Phi) is 2.17. The second-order valence-corrected chi connectivity index (χ2v) is 3.30. The Labute approximate surface area is 85.6 Å². The minimum atomic E-state index is 0.0950. The number of benzene rings is 1. The molecule has 0 unspecified atom stereocenters. The van der Waals surface area contributed by atoms with Crippen LogP contribution in [0.4, 0.5) is 0 Å². The van der Waals surface area contributed by atoms with Gasteiger partial charge < -0.3 is 9.84 Å². The lowest BCUT2D eigenvalue weighted by Gasteiger charge is -2.17. The number of fused-ring (bicyclic) bond motifs is 1. The van der Waals surface area contributed by atoms with Crippen molar-refractivity contribution in [2.75, 3.05) is 6.61 Å². The Bertz CT molecular complexity index is 423. The predicted octanol–water partition coefficient (Wildman–Crippen LogP) is 1.93. The summed E-state index contributed by atoms with van der Waals surface area (Å²) in [5.74, 6) is 0.677. The highest BCUT2D eigenvalue weighted by Gasteiger charge is 2.18. The van der Waals surface area contributed by atoms with Gasteiger partial charge in [-0.2, -0.15) is 0 Å². The Morgan fingerprint density at radius 2 is 2.29 bits per heavy atom. The number of phenols is 1. The summed E-state index contributed by atoms with van der Waals surface area (Å²) in [5, 5.41) is 9.58. The normalized spacial score (nSPS) is 14.6. The van der Waals surface area contributed by atoms with E-state index in [1.807, 2.05) is 0 Å². The average molecular weight is 211 g/mol. The van der Waals surface area contributed by atoms with Crippen LogP contribution >= 0.6 is 11.6 Å². The monoisotopic (exact) mass is 210 g/mol. The summed E-state index contributed by atoms with van der Waals surface area (Å²) in [6, 6.07) is 4.60. The second-order valence-electron chi connectivity index (χ2n) is 2.93. The highest BCUT2D eigenvalue weighted by molar-refractivity contribution is 6.51. The van der Waals surface area contributed by atoms with E-state index in [4.69, 9.17) is 16.3 Å². The largest absolute Gasteiger partial charge is 0.508 e. The fraction of sp³-hybridized carbons (Fsp3) is 0.100. The fourth-order valence-corrected chi connectivity index (χ4v) is 1.54. The fourth-order valence-electron chi connectivity index (χ4n) is 1.29. The molecule has 0 fully saturated rings. The SMILES string of the molecule is O=CC1=C(Cl)c2cc(O)ccc2OC1. The van der Waals surface area contributed by atoms with Crippen molar-refractivity contribution < 1.29 is 14.6 Å². The van der Waals surface area contributed by atoms with E-state index in [0.717, 1.165) is 0 Å². The van der Waals surface area contributed by atoms with Gasteiger partial charge in [-0.05, 0) is 18.2 Å².